The number of imidazole rings is 1. The number of aryl methyl sites for hydroxylation is 1. The Labute approximate surface area is 123 Å². The third-order valence-corrected chi connectivity index (χ3v) is 4.13. The summed E-state index contributed by atoms with van der Waals surface area (Å²) in [5, 5.41) is 0. The number of hydrogen-bond donors (Lipinski definition) is 1. The first kappa shape index (κ1) is 14.1. The molecule has 1 N–H and O–H groups in total. The van der Waals surface area contributed by atoms with E-state index in [1.54, 1.807) is 6.92 Å². The van der Waals surface area contributed by atoms with E-state index >= 15 is 0 Å². The van der Waals surface area contributed by atoms with Gasteiger partial charge in [-0.2, -0.15) is 4.98 Å². The summed E-state index contributed by atoms with van der Waals surface area (Å²) in [6.45, 7) is 5.08. The maximum Gasteiger partial charge on any atom is 0.298 e. The number of aromatic nitrogens is 4. The van der Waals surface area contributed by atoms with Crippen molar-refractivity contribution < 1.29 is 4.74 Å². The fourth-order valence-corrected chi connectivity index (χ4v) is 3.13. The third-order valence-electron chi connectivity index (χ3n) is 4.13. The summed E-state index contributed by atoms with van der Waals surface area (Å²) in [5.74, 6) is 1.23. The van der Waals surface area contributed by atoms with Crippen LogP contribution in [0.1, 0.15) is 44.9 Å². The smallest absolute Gasteiger partial charge is 0.298 e. The lowest BCUT2D eigenvalue weighted by molar-refractivity contribution is 0.268. The molecule has 0 unspecified atom stereocenters. The van der Waals surface area contributed by atoms with Gasteiger partial charge in [-0.05, 0) is 32.6 Å². The van der Waals surface area contributed by atoms with Crippen LogP contribution in [0.15, 0.2) is 4.79 Å². The van der Waals surface area contributed by atoms with Gasteiger partial charge in [0.25, 0.3) is 11.6 Å². The van der Waals surface area contributed by atoms with E-state index in [1.165, 1.54) is 32.1 Å². The number of rotatable bonds is 4. The molecule has 0 amide bonds. The SMILES string of the molecule is CCOc1nc2c(=O)[nH]c(C)nc2n1CC1CCCCC1. The molecule has 0 radical (unpaired) electrons. The van der Waals surface area contributed by atoms with E-state index in [0.717, 1.165) is 6.54 Å². The van der Waals surface area contributed by atoms with Crippen LogP contribution in [-0.2, 0) is 6.54 Å². The summed E-state index contributed by atoms with van der Waals surface area (Å²) < 4.78 is 7.60. The van der Waals surface area contributed by atoms with E-state index in [-0.39, 0.29) is 5.56 Å². The molecule has 0 saturated heterocycles. The van der Waals surface area contributed by atoms with Gasteiger partial charge in [-0.15, -0.1) is 0 Å². The number of fused-ring (bicyclic) bond motifs is 1. The molecule has 0 bridgehead atoms. The van der Waals surface area contributed by atoms with Gasteiger partial charge in [0, 0.05) is 6.54 Å². The fourth-order valence-electron chi connectivity index (χ4n) is 3.13. The number of nitrogens with zero attached hydrogens (tertiary/aromatic N) is 3. The van der Waals surface area contributed by atoms with Crippen molar-refractivity contribution in [3.05, 3.63) is 16.2 Å². The van der Waals surface area contributed by atoms with Crippen molar-refractivity contribution in [3.8, 4) is 6.01 Å². The predicted molar refractivity (Wildman–Crippen MR) is 80.6 cm³/mol. The zero-order valence-corrected chi connectivity index (χ0v) is 12.7. The van der Waals surface area contributed by atoms with Crippen LogP contribution < -0.4 is 10.3 Å². The topological polar surface area (TPSA) is 72.8 Å². The predicted octanol–water partition coefficient (Wildman–Crippen LogP) is 2.41. The van der Waals surface area contributed by atoms with E-state index in [4.69, 9.17) is 4.74 Å². The molecule has 2 aromatic heterocycles. The molecule has 2 aromatic rings. The Morgan fingerprint density at radius 3 is 2.76 bits per heavy atom. The standard InChI is InChI=1S/C15H22N4O2/c1-3-21-15-18-12-13(16-10(2)17-14(12)20)19(15)9-11-7-5-4-6-8-11/h11H,3-9H2,1-2H3,(H,16,17,20). The summed E-state index contributed by atoms with van der Waals surface area (Å²) in [6, 6.07) is 0.515. The van der Waals surface area contributed by atoms with E-state index in [9.17, 15) is 4.79 Å². The number of hydrogen-bond acceptors (Lipinski definition) is 4. The second-order valence-electron chi connectivity index (χ2n) is 5.77. The Bertz CT molecular complexity index is 683. The minimum atomic E-state index is -0.194. The van der Waals surface area contributed by atoms with E-state index in [1.807, 2.05) is 11.5 Å². The minimum absolute atomic E-state index is 0.194. The summed E-state index contributed by atoms with van der Waals surface area (Å²) in [4.78, 5) is 23.5. The van der Waals surface area contributed by atoms with Crippen LogP contribution in [0.5, 0.6) is 6.01 Å². The maximum absolute atomic E-state index is 12.0. The van der Waals surface area contributed by atoms with Crippen molar-refractivity contribution in [2.24, 2.45) is 5.92 Å². The van der Waals surface area contributed by atoms with Gasteiger partial charge in [-0.1, -0.05) is 19.3 Å². The monoisotopic (exact) mass is 290 g/mol. The average Bonchev–Trinajstić information content (AvgIpc) is 2.79. The molecule has 1 saturated carbocycles. The summed E-state index contributed by atoms with van der Waals surface area (Å²) in [5.41, 5.74) is 0.825. The molecule has 3 rings (SSSR count). The van der Waals surface area contributed by atoms with Crippen molar-refractivity contribution in [2.45, 2.75) is 52.5 Å². The maximum atomic E-state index is 12.0. The molecular weight excluding hydrogens is 268 g/mol. The highest BCUT2D eigenvalue weighted by Gasteiger charge is 2.21. The van der Waals surface area contributed by atoms with Crippen LogP contribution in [0.4, 0.5) is 0 Å². The highest BCUT2D eigenvalue weighted by atomic mass is 16.5. The first-order chi connectivity index (χ1) is 10.2. The Hall–Kier alpha value is -1.85. The van der Waals surface area contributed by atoms with Gasteiger partial charge in [0.2, 0.25) is 0 Å². The molecule has 2 heterocycles. The van der Waals surface area contributed by atoms with Gasteiger partial charge in [-0.25, -0.2) is 4.98 Å². The van der Waals surface area contributed by atoms with Gasteiger partial charge >= 0.3 is 0 Å². The van der Waals surface area contributed by atoms with E-state index in [2.05, 4.69) is 15.0 Å². The molecule has 0 atom stereocenters. The van der Waals surface area contributed by atoms with Crippen LogP contribution in [0.25, 0.3) is 11.2 Å². The Morgan fingerprint density at radius 2 is 2.05 bits per heavy atom. The largest absolute Gasteiger partial charge is 0.465 e. The molecule has 21 heavy (non-hydrogen) atoms. The number of ether oxygens (including phenoxy) is 1. The van der Waals surface area contributed by atoms with Crippen LogP contribution >= 0.6 is 0 Å². The first-order valence-electron chi connectivity index (χ1n) is 7.79. The zero-order valence-electron chi connectivity index (χ0n) is 12.7. The molecule has 6 heteroatoms. The molecular formula is C15H22N4O2. The highest BCUT2D eigenvalue weighted by molar-refractivity contribution is 5.71. The zero-order chi connectivity index (χ0) is 14.8. The van der Waals surface area contributed by atoms with Crippen molar-refractivity contribution in [1.82, 2.24) is 19.5 Å². The number of H-pyrrole nitrogens is 1. The van der Waals surface area contributed by atoms with Crippen molar-refractivity contribution in [2.75, 3.05) is 6.61 Å². The van der Waals surface area contributed by atoms with Crippen LogP contribution in [0.3, 0.4) is 0 Å². The van der Waals surface area contributed by atoms with E-state index in [0.29, 0.717) is 35.5 Å². The number of nitrogens with one attached hydrogen (secondary N) is 1. The quantitative estimate of drug-likeness (QED) is 0.938. The normalized spacial score (nSPS) is 16.5. The van der Waals surface area contributed by atoms with Crippen LogP contribution in [0, 0.1) is 12.8 Å². The van der Waals surface area contributed by atoms with Crippen molar-refractivity contribution in [3.63, 3.8) is 0 Å². The Kier molecular flexibility index (Phi) is 3.94. The number of aromatic amines is 1. The highest BCUT2D eigenvalue weighted by Crippen LogP contribution is 2.28. The van der Waals surface area contributed by atoms with Gasteiger partial charge < -0.3 is 9.72 Å². The third kappa shape index (κ3) is 2.80. The van der Waals surface area contributed by atoms with E-state index < -0.39 is 0 Å². The lowest BCUT2D eigenvalue weighted by Crippen LogP contribution is -2.16. The summed E-state index contributed by atoms with van der Waals surface area (Å²) in [6.07, 6.45) is 6.36. The van der Waals surface area contributed by atoms with Gasteiger partial charge in [0.15, 0.2) is 11.2 Å². The van der Waals surface area contributed by atoms with Crippen molar-refractivity contribution >= 4 is 11.2 Å². The average molecular weight is 290 g/mol. The lowest BCUT2D eigenvalue weighted by Gasteiger charge is -2.22. The molecule has 1 aliphatic rings. The van der Waals surface area contributed by atoms with Gasteiger partial charge in [0.05, 0.1) is 6.61 Å². The summed E-state index contributed by atoms with van der Waals surface area (Å²) in [7, 11) is 0. The second-order valence-corrected chi connectivity index (χ2v) is 5.77. The molecule has 0 aliphatic heterocycles. The molecule has 6 nitrogen and oxygen atoms in total. The van der Waals surface area contributed by atoms with Crippen LogP contribution in [0.2, 0.25) is 0 Å². The summed E-state index contributed by atoms with van der Waals surface area (Å²) >= 11 is 0. The molecule has 114 valence electrons. The van der Waals surface area contributed by atoms with Gasteiger partial charge in [-0.3, -0.25) is 9.36 Å². The van der Waals surface area contributed by atoms with Crippen molar-refractivity contribution in [1.29, 1.82) is 0 Å². The minimum Gasteiger partial charge on any atom is -0.465 e. The fraction of sp³-hybridized carbons (Fsp3) is 0.667. The lowest BCUT2D eigenvalue weighted by atomic mass is 9.89. The molecule has 1 fully saturated rings. The molecule has 0 spiro atoms. The Morgan fingerprint density at radius 1 is 1.29 bits per heavy atom. The second kappa shape index (κ2) is 5.87. The molecule has 1 aliphatic carbocycles. The first-order valence-corrected chi connectivity index (χ1v) is 7.79. The molecule has 0 aromatic carbocycles. The van der Waals surface area contributed by atoms with Gasteiger partial charge in [0.1, 0.15) is 5.82 Å². The van der Waals surface area contributed by atoms with Crippen LogP contribution in [-0.4, -0.2) is 26.1 Å². The Balaban J connectivity index is 2.04.